The maximum Gasteiger partial charge on any atom is 0.349 e. The number of hydrogen-bond acceptors (Lipinski definition) is 4. The van der Waals surface area contributed by atoms with Gasteiger partial charge in [0.2, 0.25) is 0 Å². The van der Waals surface area contributed by atoms with Crippen LogP contribution in [0.4, 0.5) is 0 Å². The zero-order valence-corrected chi connectivity index (χ0v) is 12.9. The standard InChI is InChI=1S/C19H15NO4/c21-18(15-10-13-3-1-2-4-17(13)24-19(15)22)20-11-12-5-6-16-14(9-12)7-8-23-16/h1-6,9-10H,7-8,11H2,(H,20,21). The summed E-state index contributed by atoms with van der Waals surface area (Å²) in [5.41, 5.74) is 1.97. The van der Waals surface area contributed by atoms with Gasteiger partial charge in [0.1, 0.15) is 16.9 Å². The van der Waals surface area contributed by atoms with Gasteiger partial charge in [-0.3, -0.25) is 4.79 Å². The van der Waals surface area contributed by atoms with Crippen LogP contribution in [0.25, 0.3) is 11.0 Å². The van der Waals surface area contributed by atoms with Gasteiger partial charge in [0, 0.05) is 18.4 Å². The Morgan fingerprint density at radius 3 is 2.92 bits per heavy atom. The first-order chi connectivity index (χ1) is 11.7. The molecule has 0 radical (unpaired) electrons. The summed E-state index contributed by atoms with van der Waals surface area (Å²) in [5, 5.41) is 3.49. The molecule has 120 valence electrons. The molecule has 0 saturated carbocycles. The van der Waals surface area contributed by atoms with Gasteiger partial charge in [0.25, 0.3) is 5.91 Å². The van der Waals surface area contributed by atoms with Gasteiger partial charge in [-0.25, -0.2) is 4.79 Å². The molecule has 0 aliphatic carbocycles. The van der Waals surface area contributed by atoms with E-state index in [0.29, 0.717) is 18.7 Å². The molecule has 5 heteroatoms. The van der Waals surface area contributed by atoms with Gasteiger partial charge in [0.05, 0.1) is 6.61 Å². The quantitative estimate of drug-likeness (QED) is 0.753. The second-order valence-electron chi connectivity index (χ2n) is 5.71. The molecule has 1 aliphatic rings. The molecule has 0 unspecified atom stereocenters. The Morgan fingerprint density at radius 1 is 1.12 bits per heavy atom. The van der Waals surface area contributed by atoms with Crippen molar-refractivity contribution in [3.63, 3.8) is 0 Å². The summed E-state index contributed by atoms with van der Waals surface area (Å²) in [7, 11) is 0. The summed E-state index contributed by atoms with van der Waals surface area (Å²) < 4.78 is 10.7. The van der Waals surface area contributed by atoms with Crippen molar-refractivity contribution >= 4 is 16.9 Å². The molecule has 0 saturated heterocycles. The lowest BCUT2D eigenvalue weighted by Crippen LogP contribution is -2.27. The van der Waals surface area contributed by atoms with E-state index >= 15 is 0 Å². The highest BCUT2D eigenvalue weighted by Gasteiger charge is 2.15. The normalized spacial score (nSPS) is 12.7. The number of nitrogens with one attached hydrogen (secondary N) is 1. The van der Waals surface area contributed by atoms with Gasteiger partial charge in [0.15, 0.2) is 0 Å². The third-order valence-corrected chi connectivity index (χ3v) is 4.09. The molecule has 1 amide bonds. The lowest BCUT2D eigenvalue weighted by molar-refractivity contribution is 0.0947. The van der Waals surface area contributed by atoms with Crippen molar-refractivity contribution in [1.29, 1.82) is 0 Å². The van der Waals surface area contributed by atoms with Crippen LogP contribution in [0.3, 0.4) is 0 Å². The van der Waals surface area contributed by atoms with E-state index in [1.165, 1.54) is 0 Å². The summed E-state index contributed by atoms with van der Waals surface area (Å²) in [6, 6.07) is 14.5. The van der Waals surface area contributed by atoms with E-state index in [-0.39, 0.29) is 5.56 Å². The van der Waals surface area contributed by atoms with Crippen LogP contribution in [0.15, 0.2) is 57.7 Å². The highest BCUT2D eigenvalue weighted by Crippen LogP contribution is 2.25. The number of fused-ring (bicyclic) bond motifs is 2. The number of rotatable bonds is 3. The van der Waals surface area contributed by atoms with Crippen molar-refractivity contribution in [1.82, 2.24) is 5.32 Å². The topological polar surface area (TPSA) is 68.5 Å². The van der Waals surface area contributed by atoms with E-state index < -0.39 is 11.5 Å². The fraction of sp³-hybridized carbons (Fsp3) is 0.158. The van der Waals surface area contributed by atoms with E-state index in [1.807, 2.05) is 24.3 Å². The number of benzene rings is 2. The van der Waals surface area contributed by atoms with E-state index in [0.717, 1.165) is 28.7 Å². The minimum Gasteiger partial charge on any atom is -0.493 e. The maximum absolute atomic E-state index is 12.3. The largest absolute Gasteiger partial charge is 0.493 e. The van der Waals surface area contributed by atoms with Crippen LogP contribution in [0.1, 0.15) is 21.5 Å². The molecule has 5 nitrogen and oxygen atoms in total. The second-order valence-corrected chi connectivity index (χ2v) is 5.71. The predicted octanol–water partition coefficient (Wildman–Crippen LogP) is 2.66. The van der Waals surface area contributed by atoms with Crippen molar-refractivity contribution in [3.8, 4) is 5.75 Å². The third-order valence-electron chi connectivity index (χ3n) is 4.09. The first-order valence-corrected chi connectivity index (χ1v) is 7.76. The van der Waals surface area contributed by atoms with Gasteiger partial charge in [-0.05, 0) is 29.3 Å². The van der Waals surface area contributed by atoms with Gasteiger partial charge in [-0.2, -0.15) is 0 Å². The fourth-order valence-electron chi connectivity index (χ4n) is 2.85. The molecule has 3 aromatic rings. The van der Waals surface area contributed by atoms with Crippen molar-refractivity contribution in [3.05, 3.63) is 75.6 Å². The number of carbonyl (C=O) groups is 1. The van der Waals surface area contributed by atoms with Gasteiger partial charge in [-0.15, -0.1) is 0 Å². The number of carbonyl (C=O) groups excluding carboxylic acids is 1. The van der Waals surface area contributed by atoms with Crippen LogP contribution in [-0.2, 0) is 13.0 Å². The van der Waals surface area contributed by atoms with Crippen LogP contribution in [0.2, 0.25) is 0 Å². The molecule has 2 aromatic carbocycles. The second kappa shape index (κ2) is 5.85. The monoisotopic (exact) mass is 321 g/mol. The average molecular weight is 321 g/mol. The Balaban J connectivity index is 1.54. The Morgan fingerprint density at radius 2 is 2.00 bits per heavy atom. The molecule has 1 N–H and O–H groups in total. The van der Waals surface area contributed by atoms with Crippen LogP contribution in [-0.4, -0.2) is 12.5 Å². The van der Waals surface area contributed by atoms with Crippen LogP contribution in [0.5, 0.6) is 5.75 Å². The van der Waals surface area contributed by atoms with Gasteiger partial charge >= 0.3 is 5.63 Å². The molecule has 0 atom stereocenters. The average Bonchev–Trinajstić information content (AvgIpc) is 3.06. The lowest BCUT2D eigenvalue weighted by Gasteiger charge is -2.07. The fourth-order valence-corrected chi connectivity index (χ4v) is 2.85. The number of amides is 1. The molecule has 0 fully saturated rings. The zero-order chi connectivity index (χ0) is 16.5. The molecule has 0 bridgehead atoms. The van der Waals surface area contributed by atoms with Crippen LogP contribution >= 0.6 is 0 Å². The maximum atomic E-state index is 12.3. The summed E-state index contributed by atoms with van der Waals surface area (Å²) in [4.78, 5) is 24.3. The smallest absolute Gasteiger partial charge is 0.349 e. The van der Waals surface area contributed by atoms with Crippen molar-refractivity contribution in [2.24, 2.45) is 0 Å². The Hall–Kier alpha value is -3.08. The van der Waals surface area contributed by atoms with Gasteiger partial charge < -0.3 is 14.5 Å². The van der Waals surface area contributed by atoms with Crippen molar-refractivity contribution in [2.75, 3.05) is 6.61 Å². The summed E-state index contributed by atoms with van der Waals surface area (Å²) in [6.45, 7) is 1.04. The van der Waals surface area contributed by atoms with Crippen LogP contribution in [0, 0.1) is 0 Å². The molecule has 4 rings (SSSR count). The SMILES string of the molecule is O=C(NCc1ccc2c(c1)CCO2)c1cc2ccccc2oc1=O. The minimum atomic E-state index is -0.631. The molecule has 1 aliphatic heterocycles. The van der Waals surface area contributed by atoms with E-state index in [1.54, 1.807) is 24.3 Å². The van der Waals surface area contributed by atoms with Crippen molar-refractivity contribution in [2.45, 2.75) is 13.0 Å². The number of ether oxygens (including phenoxy) is 1. The Bertz CT molecular complexity index is 990. The highest BCUT2D eigenvalue weighted by atomic mass is 16.5. The van der Waals surface area contributed by atoms with E-state index in [9.17, 15) is 9.59 Å². The van der Waals surface area contributed by atoms with Crippen molar-refractivity contribution < 1.29 is 13.9 Å². The Kier molecular flexibility index (Phi) is 3.54. The number of hydrogen-bond donors (Lipinski definition) is 1. The predicted molar refractivity (Wildman–Crippen MR) is 89.3 cm³/mol. The lowest BCUT2D eigenvalue weighted by atomic mass is 10.1. The minimum absolute atomic E-state index is 0.0122. The molecular weight excluding hydrogens is 306 g/mol. The summed E-state index contributed by atoms with van der Waals surface area (Å²) >= 11 is 0. The number of para-hydroxylation sites is 1. The first-order valence-electron chi connectivity index (χ1n) is 7.76. The van der Waals surface area contributed by atoms with E-state index in [4.69, 9.17) is 9.15 Å². The third kappa shape index (κ3) is 2.65. The zero-order valence-electron chi connectivity index (χ0n) is 12.9. The Labute approximate surface area is 137 Å². The van der Waals surface area contributed by atoms with E-state index in [2.05, 4.69) is 5.32 Å². The van der Waals surface area contributed by atoms with Crippen LogP contribution < -0.4 is 15.7 Å². The first kappa shape index (κ1) is 14.5. The molecule has 2 heterocycles. The molecule has 0 spiro atoms. The molecular formula is C19H15NO4. The highest BCUT2D eigenvalue weighted by molar-refractivity contribution is 5.96. The summed E-state index contributed by atoms with van der Waals surface area (Å²) in [5.74, 6) is 0.464. The van der Waals surface area contributed by atoms with Gasteiger partial charge in [-0.1, -0.05) is 30.3 Å². The molecule has 1 aromatic heterocycles. The summed E-state index contributed by atoms with van der Waals surface area (Å²) in [6.07, 6.45) is 0.880. The molecule has 24 heavy (non-hydrogen) atoms.